The van der Waals surface area contributed by atoms with Crippen LogP contribution in [0.15, 0.2) is 53.3 Å². The van der Waals surface area contributed by atoms with Crippen LogP contribution in [0.25, 0.3) is 22.4 Å². The molecule has 0 saturated heterocycles. The molecule has 0 aliphatic heterocycles. The van der Waals surface area contributed by atoms with Gasteiger partial charge in [-0.15, -0.1) is 5.10 Å². The number of halogens is 1. The Bertz CT molecular complexity index is 1190. The Balaban J connectivity index is 1.75. The van der Waals surface area contributed by atoms with Gasteiger partial charge in [0.05, 0.1) is 4.53 Å². The molecular weight excluding hydrogens is 368 g/mol. The number of anilines is 1. The first-order valence-corrected chi connectivity index (χ1v) is 9.15. The van der Waals surface area contributed by atoms with Crippen LogP contribution in [0.3, 0.4) is 0 Å². The van der Waals surface area contributed by atoms with E-state index in [1.807, 2.05) is 61.5 Å². The Kier molecular flexibility index (Phi) is 4.22. The molecule has 0 saturated carbocycles. The highest BCUT2D eigenvalue weighted by Crippen LogP contribution is 2.20. The van der Waals surface area contributed by atoms with Crippen molar-refractivity contribution in [2.45, 2.75) is 0 Å². The van der Waals surface area contributed by atoms with Crippen LogP contribution in [0.1, 0.15) is 5.56 Å². The molecule has 0 aliphatic rings. The number of thiazole rings is 1. The van der Waals surface area contributed by atoms with E-state index in [4.69, 9.17) is 11.6 Å². The predicted molar refractivity (Wildman–Crippen MR) is 107 cm³/mol. The van der Waals surface area contributed by atoms with Crippen molar-refractivity contribution in [3.05, 3.63) is 74.0 Å². The van der Waals surface area contributed by atoms with Crippen LogP contribution < -0.4 is 15.0 Å². The molecule has 0 amide bonds. The van der Waals surface area contributed by atoms with Crippen molar-refractivity contribution >= 4 is 39.7 Å². The highest BCUT2D eigenvalue weighted by atomic mass is 35.5. The van der Waals surface area contributed by atoms with Crippen LogP contribution in [0.5, 0.6) is 0 Å². The van der Waals surface area contributed by atoms with E-state index in [0.29, 0.717) is 20.3 Å². The summed E-state index contributed by atoms with van der Waals surface area (Å²) in [6.07, 6.45) is 1.86. The van der Waals surface area contributed by atoms with Gasteiger partial charge in [0.2, 0.25) is 4.96 Å². The molecule has 7 heteroatoms. The van der Waals surface area contributed by atoms with E-state index in [-0.39, 0.29) is 5.56 Å². The third-order valence-electron chi connectivity index (χ3n) is 3.97. The summed E-state index contributed by atoms with van der Waals surface area (Å²) >= 11 is 7.34. The summed E-state index contributed by atoms with van der Waals surface area (Å²) in [7, 11) is 3.98. The smallest absolute Gasteiger partial charge is 0.291 e. The molecule has 0 N–H and O–H groups in total. The van der Waals surface area contributed by atoms with Crippen molar-refractivity contribution in [1.29, 1.82) is 0 Å². The number of hydrogen-bond acceptors (Lipinski definition) is 5. The fourth-order valence-electron chi connectivity index (χ4n) is 2.60. The van der Waals surface area contributed by atoms with E-state index in [9.17, 15) is 4.79 Å². The average molecular weight is 383 g/mol. The molecule has 2 aromatic heterocycles. The second kappa shape index (κ2) is 6.55. The number of fused-ring (bicyclic) bond motifs is 1. The first kappa shape index (κ1) is 16.8. The number of aromatic nitrogens is 3. The molecule has 0 radical (unpaired) electrons. The minimum Gasteiger partial charge on any atom is -0.378 e. The number of benzene rings is 2. The zero-order valence-corrected chi connectivity index (χ0v) is 15.8. The first-order chi connectivity index (χ1) is 12.5. The summed E-state index contributed by atoms with van der Waals surface area (Å²) in [6.45, 7) is 0. The van der Waals surface area contributed by atoms with Crippen LogP contribution in [0.2, 0.25) is 5.02 Å². The summed E-state index contributed by atoms with van der Waals surface area (Å²) in [5.74, 6) is 0.498. The van der Waals surface area contributed by atoms with Crippen LogP contribution in [0.4, 0.5) is 5.69 Å². The normalized spacial score (nSPS) is 12.0. The molecule has 0 fully saturated rings. The van der Waals surface area contributed by atoms with E-state index in [1.54, 1.807) is 12.1 Å². The molecule has 4 rings (SSSR count). The largest absolute Gasteiger partial charge is 0.378 e. The molecule has 0 aliphatic carbocycles. The summed E-state index contributed by atoms with van der Waals surface area (Å²) in [5.41, 5.74) is 2.70. The van der Waals surface area contributed by atoms with Crippen LogP contribution in [-0.4, -0.2) is 28.7 Å². The molecule has 0 atom stereocenters. The van der Waals surface area contributed by atoms with Gasteiger partial charge in [-0.2, -0.15) is 9.50 Å². The maximum Gasteiger partial charge on any atom is 0.291 e. The Hall–Kier alpha value is -2.70. The quantitative estimate of drug-likeness (QED) is 0.546. The van der Waals surface area contributed by atoms with Gasteiger partial charge in [0.1, 0.15) is 0 Å². The predicted octanol–water partition coefficient (Wildman–Crippen LogP) is 3.09. The third kappa shape index (κ3) is 3.09. The van der Waals surface area contributed by atoms with Crippen molar-refractivity contribution in [2.24, 2.45) is 0 Å². The average Bonchev–Trinajstić information content (AvgIpc) is 3.16. The maximum absolute atomic E-state index is 12.6. The Morgan fingerprint density at radius 3 is 2.58 bits per heavy atom. The lowest BCUT2D eigenvalue weighted by molar-refractivity contribution is 0.937. The lowest BCUT2D eigenvalue weighted by Crippen LogP contribution is -2.23. The molecule has 0 bridgehead atoms. The van der Waals surface area contributed by atoms with E-state index in [2.05, 4.69) is 10.1 Å². The van der Waals surface area contributed by atoms with Gasteiger partial charge in [0.15, 0.2) is 5.82 Å². The highest BCUT2D eigenvalue weighted by molar-refractivity contribution is 7.15. The van der Waals surface area contributed by atoms with Crippen LogP contribution in [-0.2, 0) is 0 Å². The van der Waals surface area contributed by atoms with E-state index < -0.39 is 0 Å². The SMILES string of the molecule is CN(C)c1ccc(/C=c2\sc3nc(-c4cccc(Cl)c4)nn3c2=O)cc1. The van der Waals surface area contributed by atoms with Crippen LogP contribution in [0, 0.1) is 0 Å². The topological polar surface area (TPSA) is 50.5 Å². The molecule has 2 heterocycles. The molecule has 0 spiro atoms. The molecule has 5 nitrogen and oxygen atoms in total. The van der Waals surface area contributed by atoms with Gasteiger partial charge < -0.3 is 4.90 Å². The summed E-state index contributed by atoms with van der Waals surface area (Å²) < 4.78 is 1.95. The van der Waals surface area contributed by atoms with Gasteiger partial charge in [-0.05, 0) is 35.9 Å². The molecule has 130 valence electrons. The zero-order chi connectivity index (χ0) is 18.3. The summed E-state index contributed by atoms with van der Waals surface area (Å²) in [5, 5.41) is 4.95. The Labute approximate surface area is 158 Å². The fraction of sp³-hybridized carbons (Fsp3) is 0.105. The molecule has 0 unspecified atom stereocenters. The van der Waals surface area contributed by atoms with Crippen molar-refractivity contribution in [1.82, 2.24) is 14.6 Å². The molecule has 26 heavy (non-hydrogen) atoms. The molecule has 2 aromatic carbocycles. The minimum absolute atomic E-state index is 0.164. The Morgan fingerprint density at radius 2 is 1.92 bits per heavy atom. The molecule has 4 aromatic rings. The van der Waals surface area contributed by atoms with Crippen LogP contribution >= 0.6 is 22.9 Å². The van der Waals surface area contributed by atoms with Gasteiger partial charge in [-0.1, -0.05) is 47.2 Å². The lowest BCUT2D eigenvalue weighted by Gasteiger charge is -2.11. The second-order valence-electron chi connectivity index (χ2n) is 6.04. The number of rotatable bonds is 3. The van der Waals surface area contributed by atoms with Gasteiger partial charge in [0, 0.05) is 30.4 Å². The van der Waals surface area contributed by atoms with Crippen molar-refractivity contribution in [3.63, 3.8) is 0 Å². The number of hydrogen-bond donors (Lipinski definition) is 0. The monoisotopic (exact) mass is 382 g/mol. The van der Waals surface area contributed by atoms with Gasteiger partial charge in [-0.3, -0.25) is 4.79 Å². The third-order valence-corrected chi connectivity index (χ3v) is 5.17. The van der Waals surface area contributed by atoms with Gasteiger partial charge >= 0.3 is 0 Å². The lowest BCUT2D eigenvalue weighted by atomic mass is 10.2. The summed E-state index contributed by atoms with van der Waals surface area (Å²) in [6, 6.07) is 15.3. The summed E-state index contributed by atoms with van der Waals surface area (Å²) in [4.78, 5) is 19.7. The van der Waals surface area contributed by atoms with Crippen molar-refractivity contribution < 1.29 is 0 Å². The standard InChI is InChI=1S/C19H15ClN4OS/c1-23(2)15-8-6-12(7-9-15)10-16-18(25)24-19(26-16)21-17(22-24)13-4-3-5-14(20)11-13/h3-11H,1-2H3/b16-10-. The first-order valence-electron chi connectivity index (χ1n) is 7.96. The van der Waals surface area contributed by atoms with Crippen molar-refractivity contribution in [3.8, 4) is 11.4 Å². The van der Waals surface area contributed by atoms with Gasteiger partial charge in [0.25, 0.3) is 5.56 Å². The second-order valence-corrected chi connectivity index (χ2v) is 7.49. The van der Waals surface area contributed by atoms with Gasteiger partial charge in [-0.25, -0.2) is 0 Å². The van der Waals surface area contributed by atoms with Crippen molar-refractivity contribution in [2.75, 3.05) is 19.0 Å². The van der Waals surface area contributed by atoms with E-state index >= 15 is 0 Å². The molecular formula is C19H15ClN4OS. The van der Waals surface area contributed by atoms with E-state index in [0.717, 1.165) is 16.8 Å². The van der Waals surface area contributed by atoms with E-state index in [1.165, 1.54) is 15.9 Å². The highest BCUT2D eigenvalue weighted by Gasteiger charge is 2.12. The minimum atomic E-state index is -0.164. The number of nitrogens with zero attached hydrogens (tertiary/aromatic N) is 4. The maximum atomic E-state index is 12.6. The zero-order valence-electron chi connectivity index (χ0n) is 14.2. The Morgan fingerprint density at radius 1 is 1.15 bits per heavy atom. The fourth-order valence-corrected chi connectivity index (χ4v) is 3.70.